The number of benzene rings is 2. The van der Waals surface area contributed by atoms with Gasteiger partial charge in [-0.05, 0) is 23.8 Å². The number of carboxylic acids is 1. The summed E-state index contributed by atoms with van der Waals surface area (Å²) < 4.78 is 30.2. The largest absolute Gasteiger partial charge is 2.00 e. The number of aromatic nitrogens is 2. The molecule has 0 spiro atoms. The van der Waals surface area contributed by atoms with Crippen LogP contribution in [0.1, 0.15) is 11.3 Å². The average molecular weight is 599 g/mol. The molecule has 12 heteroatoms. The fraction of sp³-hybridized carbons (Fsp3) is 0.125. The van der Waals surface area contributed by atoms with Crippen molar-refractivity contribution in [3.63, 3.8) is 0 Å². The third kappa shape index (κ3) is 11.4. The molecule has 4 aromatic rings. The van der Waals surface area contributed by atoms with E-state index in [0.717, 1.165) is 16.6 Å². The van der Waals surface area contributed by atoms with Crippen LogP contribution in [0, 0.1) is 20.0 Å². The van der Waals surface area contributed by atoms with Crippen LogP contribution >= 0.6 is 0 Å². The van der Waals surface area contributed by atoms with Gasteiger partial charge in [-0.3, -0.25) is 4.68 Å². The number of hydrogen-bond acceptors (Lipinski definition) is 6. The molecule has 0 aliphatic rings. The molecular weight excluding hydrogens is 579 g/mol. The maximum Gasteiger partial charge on any atom is 2.00 e. The van der Waals surface area contributed by atoms with E-state index in [4.69, 9.17) is 33.4 Å². The van der Waals surface area contributed by atoms with Crippen LogP contribution < -0.4 is 23.2 Å². The van der Waals surface area contributed by atoms with Crippen LogP contribution in [0.4, 0.5) is 0 Å². The predicted molar refractivity (Wildman–Crippen MR) is 115 cm³/mol. The number of aliphatic carboxylic acids is 1. The molecule has 3 N–H and O–H groups in total. The van der Waals surface area contributed by atoms with Crippen LogP contribution in [-0.4, -0.2) is 27.4 Å². The number of fused-ring (bicyclic) bond motifs is 1. The number of para-hydroxylation sites is 1. The SMILES string of the molecule is NCC(=O)[O-].OCc1ccc(-c2nn(Cc3ccccc3)c3ccccc23)o1.[C-]#[O+].[C-]#[O+].[C-]#[O+].[Cl-].[Ru+2]. The number of nitrogens with two attached hydrogens (primary N) is 1. The van der Waals surface area contributed by atoms with Crippen LogP contribution in [0.2, 0.25) is 0 Å². The number of aliphatic hydroxyl groups excluding tert-OH is 1. The first-order chi connectivity index (χ1) is 16.6. The van der Waals surface area contributed by atoms with E-state index < -0.39 is 5.97 Å². The fourth-order valence-corrected chi connectivity index (χ4v) is 2.78. The van der Waals surface area contributed by atoms with Crippen LogP contribution in [0.5, 0.6) is 0 Å². The van der Waals surface area contributed by atoms with Gasteiger partial charge >= 0.3 is 53.4 Å². The Kier molecular flexibility index (Phi) is 23.0. The number of carbonyl (C=O) groups excluding carboxylic acids is 1. The van der Waals surface area contributed by atoms with Crippen molar-refractivity contribution < 1.29 is 65.3 Å². The Morgan fingerprint density at radius 2 is 1.50 bits per heavy atom. The molecule has 0 saturated heterocycles. The molecule has 36 heavy (non-hydrogen) atoms. The van der Waals surface area contributed by atoms with Crippen molar-refractivity contribution in [3.05, 3.63) is 98.0 Å². The zero-order valence-corrected chi connectivity index (χ0v) is 21.1. The van der Waals surface area contributed by atoms with E-state index >= 15 is 0 Å². The van der Waals surface area contributed by atoms with Gasteiger partial charge in [-0.2, -0.15) is 5.10 Å². The summed E-state index contributed by atoms with van der Waals surface area (Å²) in [4.78, 5) is 9.13. The van der Waals surface area contributed by atoms with Crippen molar-refractivity contribution in [2.24, 2.45) is 5.73 Å². The standard InChI is InChI=1S/C19H16N2O2.C2H5NO2.3CO.ClH.Ru/c22-13-15-10-11-18(23-15)19-16-8-4-5-9-17(16)21(20-19)12-14-6-2-1-3-7-14;3-1-2(4)5;3*1-2;;/h1-11,22H,12-13H2;1,3H2,(H,4,5);;;;1H;/q;;;;;;+2/p-2. The van der Waals surface area contributed by atoms with E-state index in [2.05, 4.69) is 43.9 Å². The van der Waals surface area contributed by atoms with E-state index in [1.807, 2.05) is 47.1 Å². The third-order valence-corrected chi connectivity index (χ3v) is 4.05. The molecular formula is C24H20ClN3O7Ru. The second kappa shape index (κ2) is 22.2. The van der Waals surface area contributed by atoms with Crippen molar-refractivity contribution in [2.45, 2.75) is 13.2 Å². The maximum atomic E-state index is 9.19. The quantitative estimate of drug-likeness (QED) is 0.159. The first kappa shape index (κ1) is 37.3. The van der Waals surface area contributed by atoms with Gasteiger partial charge in [0.05, 0.1) is 18.0 Å². The van der Waals surface area contributed by atoms with Gasteiger partial charge in [-0.25, -0.2) is 0 Å². The smallest absolute Gasteiger partial charge is 1.00 e. The number of halogens is 1. The summed E-state index contributed by atoms with van der Waals surface area (Å²) in [7, 11) is 0. The number of hydrogen-bond donors (Lipinski definition) is 2. The Morgan fingerprint density at radius 3 is 2.00 bits per heavy atom. The summed E-state index contributed by atoms with van der Waals surface area (Å²) in [6.07, 6.45) is 0. The zero-order chi connectivity index (χ0) is 25.9. The van der Waals surface area contributed by atoms with Crippen molar-refractivity contribution in [1.82, 2.24) is 9.78 Å². The second-order valence-corrected chi connectivity index (χ2v) is 6.01. The first-order valence-corrected chi connectivity index (χ1v) is 9.33. The van der Waals surface area contributed by atoms with Gasteiger partial charge in [0.15, 0.2) is 5.76 Å². The summed E-state index contributed by atoms with van der Waals surface area (Å²) in [5, 5.41) is 24.1. The Morgan fingerprint density at radius 1 is 0.972 bits per heavy atom. The predicted octanol–water partition coefficient (Wildman–Crippen LogP) is -1.58. The summed E-state index contributed by atoms with van der Waals surface area (Å²) in [5.74, 6) is 0.00347. The number of furan rings is 1. The van der Waals surface area contributed by atoms with Gasteiger partial charge in [0.2, 0.25) is 0 Å². The summed E-state index contributed by atoms with van der Waals surface area (Å²) in [6, 6.07) is 22.0. The number of carboxylic acid groups (broad SMARTS) is 1. The van der Waals surface area contributed by atoms with Gasteiger partial charge < -0.3 is 37.6 Å². The molecule has 0 aliphatic heterocycles. The molecule has 0 radical (unpaired) electrons. The molecule has 0 bridgehead atoms. The Labute approximate surface area is 226 Å². The van der Waals surface area contributed by atoms with Crippen molar-refractivity contribution in [1.29, 1.82) is 0 Å². The van der Waals surface area contributed by atoms with E-state index in [0.29, 0.717) is 18.1 Å². The van der Waals surface area contributed by atoms with Crippen LogP contribution in [0.15, 0.2) is 71.1 Å². The van der Waals surface area contributed by atoms with Crippen molar-refractivity contribution >= 4 is 16.9 Å². The van der Waals surface area contributed by atoms with Crippen molar-refractivity contribution in [3.8, 4) is 11.5 Å². The van der Waals surface area contributed by atoms with Crippen molar-refractivity contribution in [2.75, 3.05) is 6.54 Å². The number of nitrogens with zero attached hydrogens (tertiary/aromatic N) is 2. The molecule has 2 aromatic heterocycles. The molecule has 10 nitrogen and oxygen atoms in total. The Hall–Kier alpha value is -3.29. The van der Waals surface area contributed by atoms with Gasteiger partial charge in [-0.1, -0.05) is 48.5 Å². The van der Waals surface area contributed by atoms with E-state index in [1.165, 1.54) is 5.56 Å². The molecule has 0 saturated carbocycles. The van der Waals surface area contributed by atoms with E-state index in [9.17, 15) is 5.11 Å². The molecule has 0 atom stereocenters. The third-order valence-electron chi connectivity index (χ3n) is 4.05. The summed E-state index contributed by atoms with van der Waals surface area (Å²) in [6.45, 7) is 13.7. The molecule has 2 heterocycles. The molecule has 0 amide bonds. The minimum Gasteiger partial charge on any atom is -1.00 e. The molecule has 0 unspecified atom stereocenters. The molecule has 188 valence electrons. The number of aliphatic hydroxyl groups is 1. The normalized spacial score (nSPS) is 8.33. The van der Waals surface area contributed by atoms with Gasteiger partial charge in [0, 0.05) is 11.9 Å². The average Bonchev–Trinajstić information content (AvgIpc) is 3.54. The number of rotatable bonds is 5. The van der Waals surface area contributed by atoms with Crippen LogP contribution in [-0.2, 0) is 51.4 Å². The van der Waals surface area contributed by atoms with E-state index in [-0.39, 0.29) is 45.0 Å². The van der Waals surface area contributed by atoms with Gasteiger partial charge in [0.1, 0.15) is 18.1 Å². The summed E-state index contributed by atoms with van der Waals surface area (Å²) in [5.41, 5.74) is 7.57. The zero-order valence-electron chi connectivity index (χ0n) is 18.6. The summed E-state index contributed by atoms with van der Waals surface area (Å²) >= 11 is 0. The van der Waals surface area contributed by atoms with E-state index in [1.54, 1.807) is 6.07 Å². The van der Waals surface area contributed by atoms with Gasteiger partial charge in [0.25, 0.3) is 0 Å². The Balaban J connectivity index is -0.000000732. The minimum absolute atomic E-state index is 0. The van der Waals surface area contributed by atoms with Crippen LogP contribution in [0.3, 0.4) is 0 Å². The number of carbonyl (C=O) groups is 1. The van der Waals surface area contributed by atoms with Gasteiger partial charge in [-0.15, -0.1) is 0 Å². The maximum absolute atomic E-state index is 9.19. The van der Waals surface area contributed by atoms with Crippen LogP contribution in [0.25, 0.3) is 22.4 Å². The molecule has 0 fully saturated rings. The molecule has 2 aromatic carbocycles. The second-order valence-electron chi connectivity index (χ2n) is 6.01. The topological polar surface area (TPSA) is 177 Å². The first-order valence-electron chi connectivity index (χ1n) is 9.33. The Bertz CT molecular complexity index is 1190. The monoisotopic (exact) mass is 599 g/mol. The minimum atomic E-state index is -1.22. The fourth-order valence-electron chi connectivity index (χ4n) is 2.78. The molecule has 0 aliphatic carbocycles. The molecule has 4 rings (SSSR count).